The lowest BCUT2D eigenvalue weighted by molar-refractivity contribution is 0.0728. The zero-order valence-corrected chi connectivity index (χ0v) is 14.2. The third kappa shape index (κ3) is 3.05. The normalized spacial score (nSPS) is 13.6. The summed E-state index contributed by atoms with van der Waals surface area (Å²) in [5.74, 6) is -0.0358. The van der Waals surface area contributed by atoms with Gasteiger partial charge in [-0.2, -0.15) is 0 Å². The van der Waals surface area contributed by atoms with E-state index in [4.69, 9.17) is 0 Å². The van der Waals surface area contributed by atoms with Crippen LogP contribution in [0, 0.1) is 6.92 Å². The number of aromatic nitrogens is 3. The molecule has 0 N–H and O–H groups in total. The third-order valence-electron chi connectivity index (χ3n) is 4.78. The Labute approximate surface area is 146 Å². The maximum absolute atomic E-state index is 12.9. The Morgan fingerprint density at radius 3 is 2.56 bits per heavy atom. The molecule has 1 amide bonds. The number of amides is 1. The molecule has 5 heteroatoms. The van der Waals surface area contributed by atoms with Crippen molar-refractivity contribution in [3.05, 3.63) is 82.7 Å². The molecule has 4 rings (SSSR count). The highest BCUT2D eigenvalue weighted by molar-refractivity contribution is 5.93. The van der Waals surface area contributed by atoms with E-state index in [0.29, 0.717) is 18.8 Å². The van der Waals surface area contributed by atoms with Gasteiger partial charge in [0.2, 0.25) is 0 Å². The Morgan fingerprint density at radius 2 is 1.76 bits per heavy atom. The van der Waals surface area contributed by atoms with Gasteiger partial charge in [-0.05, 0) is 30.0 Å². The molecular formula is C20H20N4O. The summed E-state index contributed by atoms with van der Waals surface area (Å²) in [7, 11) is 0. The van der Waals surface area contributed by atoms with E-state index in [1.165, 1.54) is 11.1 Å². The average molecular weight is 332 g/mol. The van der Waals surface area contributed by atoms with E-state index in [1.54, 1.807) is 4.68 Å². The molecule has 25 heavy (non-hydrogen) atoms. The minimum atomic E-state index is -0.0358. The molecular weight excluding hydrogens is 312 g/mol. The van der Waals surface area contributed by atoms with E-state index in [-0.39, 0.29) is 5.91 Å². The summed E-state index contributed by atoms with van der Waals surface area (Å²) in [4.78, 5) is 14.8. The zero-order chi connectivity index (χ0) is 17.2. The van der Waals surface area contributed by atoms with Gasteiger partial charge in [0.1, 0.15) is 0 Å². The lowest BCUT2D eigenvalue weighted by Crippen LogP contribution is -2.36. The Bertz CT molecular complexity index is 901. The fraction of sp³-hybridized carbons (Fsp3) is 0.250. The van der Waals surface area contributed by atoms with Crippen molar-refractivity contribution in [1.82, 2.24) is 19.9 Å². The van der Waals surface area contributed by atoms with Crippen molar-refractivity contribution in [2.75, 3.05) is 6.54 Å². The Kier molecular flexibility index (Phi) is 4.06. The first-order valence-corrected chi connectivity index (χ1v) is 8.52. The molecule has 0 bridgehead atoms. The van der Waals surface area contributed by atoms with Crippen LogP contribution in [0.25, 0.3) is 0 Å². The van der Waals surface area contributed by atoms with Crippen molar-refractivity contribution < 1.29 is 4.79 Å². The molecule has 0 spiro atoms. The predicted octanol–water partition coefficient (Wildman–Crippen LogP) is 2.83. The summed E-state index contributed by atoms with van der Waals surface area (Å²) >= 11 is 0. The number of carbonyl (C=O) groups is 1. The van der Waals surface area contributed by atoms with E-state index in [1.807, 2.05) is 48.2 Å². The van der Waals surface area contributed by atoms with Crippen molar-refractivity contribution in [2.45, 2.75) is 26.4 Å². The third-order valence-corrected chi connectivity index (χ3v) is 4.78. The van der Waals surface area contributed by atoms with Crippen LogP contribution >= 0.6 is 0 Å². The molecule has 0 fully saturated rings. The van der Waals surface area contributed by atoms with Gasteiger partial charge in [-0.15, -0.1) is 5.10 Å². The van der Waals surface area contributed by atoms with Crippen molar-refractivity contribution in [1.29, 1.82) is 0 Å². The van der Waals surface area contributed by atoms with Crippen LogP contribution in [0.5, 0.6) is 0 Å². The lowest BCUT2D eigenvalue weighted by Gasteiger charge is -2.28. The van der Waals surface area contributed by atoms with Gasteiger partial charge in [0.05, 0.1) is 12.2 Å². The van der Waals surface area contributed by atoms with Gasteiger partial charge < -0.3 is 4.90 Å². The molecule has 1 aromatic heterocycles. The quantitative estimate of drug-likeness (QED) is 0.741. The number of hydrogen-bond donors (Lipinski definition) is 0. The van der Waals surface area contributed by atoms with Gasteiger partial charge in [0.25, 0.3) is 5.91 Å². The van der Waals surface area contributed by atoms with Crippen molar-refractivity contribution in [3.63, 3.8) is 0 Å². The molecule has 1 aliphatic heterocycles. The largest absolute Gasteiger partial charge is 0.333 e. The first kappa shape index (κ1) is 15.6. The van der Waals surface area contributed by atoms with E-state index >= 15 is 0 Å². The van der Waals surface area contributed by atoms with Crippen LogP contribution in [-0.2, 0) is 19.5 Å². The molecule has 0 unspecified atom stereocenters. The van der Waals surface area contributed by atoms with E-state index in [2.05, 4.69) is 28.5 Å². The molecule has 0 saturated heterocycles. The van der Waals surface area contributed by atoms with Crippen LogP contribution < -0.4 is 0 Å². The highest BCUT2D eigenvalue weighted by Gasteiger charge is 2.25. The molecule has 2 aromatic carbocycles. The Hall–Kier alpha value is -2.95. The van der Waals surface area contributed by atoms with Gasteiger partial charge >= 0.3 is 0 Å². The molecule has 0 saturated carbocycles. The summed E-state index contributed by atoms with van der Waals surface area (Å²) < 4.78 is 1.79. The smallest absolute Gasteiger partial charge is 0.276 e. The van der Waals surface area contributed by atoms with Crippen molar-refractivity contribution >= 4 is 5.91 Å². The summed E-state index contributed by atoms with van der Waals surface area (Å²) in [6.45, 7) is 3.89. The highest BCUT2D eigenvalue weighted by Crippen LogP contribution is 2.20. The fourth-order valence-electron chi connectivity index (χ4n) is 3.28. The molecule has 1 aliphatic rings. The van der Waals surface area contributed by atoms with Crippen molar-refractivity contribution in [3.8, 4) is 0 Å². The second-order valence-electron chi connectivity index (χ2n) is 6.41. The number of hydrogen-bond acceptors (Lipinski definition) is 3. The van der Waals surface area contributed by atoms with Crippen LogP contribution in [-0.4, -0.2) is 32.3 Å². The van der Waals surface area contributed by atoms with Crippen LogP contribution in [0.1, 0.15) is 32.9 Å². The van der Waals surface area contributed by atoms with E-state index in [0.717, 1.165) is 24.2 Å². The lowest BCUT2D eigenvalue weighted by atomic mass is 10.00. The molecule has 2 heterocycles. The molecule has 5 nitrogen and oxygen atoms in total. The number of nitrogens with zero attached hydrogens (tertiary/aromatic N) is 4. The van der Waals surface area contributed by atoms with E-state index < -0.39 is 0 Å². The molecule has 0 radical (unpaired) electrons. The second-order valence-corrected chi connectivity index (χ2v) is 6.41. The molecule has 0 atom stereocenters. The first-order valence-electron chi connectivity index (χ1n) is 8.52. The summed E-state index contributed by atoms with van der Waals surface area (Å²) in [5.41, 5.74) is 4.96. The molecule has 0 aliphatic carbocycles. The summed E-state index contributed by atoms with van der Waals surface area (Å²) in [6.07, 6.45) is 0.888. The van der Waals surface area contributed by atoms with Gasteiger partial charge in [-0.25, -0.2) is 4.68 Å². The van der Waals surface area contributed by atoms with Crippen molar-refractivity contribution in [2.24, 2.45) is 0 Å². The Balaban J connectivity index is 1.54. The van der Waals surface area contributed by atoms with Gasteiger partial charge in [-0.3, -0.25) is 4.79 Å². The Morgan fingerprint density at radius 1 is 1.04 bits per heavy atom. The van der Waals surface area contributed by atoms with Gasteiger partial charge in [0.15, 0.2) is 5.69 Å². The van der Waals surface area contributed by atoms with Crippen LogP contribution in [0.15, 0.2) is 54.6 Å². The zero-order valence-electron chi connectivity index (χ0n) is 14.2. The monoisotopic (exact) mass is 332 g/mol. The summed E-state index contributed by atoms with van der Waals surface area (Å²) in [6, 6.07) is 18.4. The molecule has 126 valence electrons. The van der Waals surface area contributed by atoms with Crippen LogP contribution in [0.2, 0.25) is 0 Å². The average Bonchev–Trinajstić information content (AvgIpc) is 3.02. The molecule has 3 aromatic rings. The maximum Gasteiger partial charge on any atom is 0.276 e. The first-order chi connectivity index (χ1) is 12.2. The minimum Gasteiger partial charge on any atom is -0.333 e. The van der Waals surface area contributed by atoms with Gasteiger partial charge in [0, 0.05) is 13.1 Å². The fourth-order valence-corrected chi connectivity index (χ4v) is 3.28. The number of rotatable bonds is 3. The van der Waals surface area contributed by atoms with Gasteiger partial charge in [-0.1, -0.05) is 59.8 Å². The minimum absolute atomic E-state index is 0.0358. The predicted molar refractivity (Wildman–Crippen MR) is 95.2 cm³/mol. The van der Waals surface area contributed by atoms with Crippen LogP contribution in [0.4, 0.5) is 0 Å². The van der Waals surface area contributed by atoms with Crippen LogP contribution in [0.3, 0.4) is 0 Å². The van der Waals surface area contributed by atoms with E-state index in [9.17, 15) is 4.79 Å². The topological polar surface area (TPSA) is 51.0 Å². The number of benzene rings is 2. The SMILES string of the molecule is Cc1c(C(=O)N2CCc3ccccc3C2)nnn1Cc1ccccc1. The number of carbonyl (C=O) groups excluding carboxylic acids is 1. The number of fused-ring (bicyclic) bond motifs is 1. The summed E-state index contributed by atoms with van der Waals surface area (Å²) in [5, 5.41) is 8.36. The standard InChI is InChI=1S/C20H20N4O/c1-15-19(21-22-24(15)13-16-7-3-2-4-8-16)20(25)23-12-11-17-9-5-6-10-18(17)14-23/h2-10H,11-14H2,1H3. The highest BCUT2D eigenvalue weighted by atomic mass is 16.2. The maximum atomic E-state index is 12.9. The second kappa shape index (κ2) is 6.51.